The van der Waals surface area contributed by atoms with Gasteiger partial charge in [-0.3, -0.25) is 0 Å². The zero-order valence-electron chi connectivity index (χ0n) is 39.1. The Balaban J connectivity index is 1.04. The maximum atomic E-state index is 11.6. The molecular formula is C62H54N2O6. The fourth-order valence-corrected chi connectivity index (χ4v) is 7.68. The summed E-state index contributed by atoms with van der Waals surface area (Å²) >= 11 is 0. The number of aliphatic hydroxyl groups excluding tert-OH is 1. The highest BCUT2D eigenvalue weighted by Gasteiger charge is 2.16. The lowest BCUT2D eigenvalue weighted by Crippen LogP contribution is -2.13. The summed E-state index contributed by atoms with van der Waals surface area (Å²) in [5, 5.41) is 9.76. The third-order valence-corrected chi connectivity index (χ3v) is 11.4. The monoisotopic (exact) mass is 922 g/mol. The summed E-state index contributed by atoms with van der Waals surface area (Å²) in [7, 11) is 2.69. The van der Waals surface area contributed by atoms with Gasteiger partial charge in [-0.2, -0.15) is 0 Å². The Morgan fingerprint density at radius 2 is 0.743 bits per heavy atom. The van der Waals surface area contributed by atoms with Crippen molar-refractivity contribution in [3.8, 4) is 11.1 Å². The molecule has 0 aliphatic carbocycles. The van der Waals surface area contributed by atoms with E-state index in [1.165, 1.54) is 14.2 Å². The normalized spacial score (nSPS) is 11.9. The number of rotatable bonds is 19. The van der Waals surface area contributed by atoms with E-state index < -0.39 is 12.6 Å². The number of ether oxygens (including phenoxy) is 4. The van der Waals surface area contributed by atoms with Crippen molar-refractivity contribution in [1.82, 2.24) is 0 Å². The number of allylic oxidation sites excluding steroid dienone is 4. The van der Waals surface area contributed by atoms with Crippen molar-refractivity contribution in [1.29, 1.82) is 0 Å². The van der Waals surface area contributed by atoms with Crippen molar-refractivity contribution in [2.24, 2.45) is 0 Å². The molecular weight excluding hydrogens is 869 g/mol. The van der Waals surface area contributed by atoms with E-state index in [0.29, 0.717) is 0 Å². The van der Waals surface area contributed by atoms with Gasteiger partial charge in [-0.25, -0.2) is 4.79 Å². The van der Waals surface area contributed by atoms with E-state index in [4.69, 9.17) is 14.2 Å². The minimum absolute atomic E-state index is 0.110. The number of benzene rings is 8. The molecule has 0 amide bonds. The predicted octanol–water partition coefficient (Wildman–Crippen LogP) is 15.5. The lowest BCUT2D eigenvalue weighted by atomic mass is 10.0. The van der Waals surface area contributed by atoms with Crippen molar-refractivity contribution >= 4 is 64.6 Å². The van der Waals surface area contributed by atoms with Gasteiger partial charge in [0.1, 0.15) is 6.61 Å². The van der Waals surface area contributed by atoms with Gasteiger partial charge in [0.05, 0.1) is 13.7 Å². The first-order chi connectivity index (χ1) is 34.4. The van der Waals surface area contributed by atoms with Crippen LogP contribution in [0.1, 0.15) is 33.4 Å². The van der Waals surface area contributed by atoms with Crippen molar-refractivity contribution < 1.29 is 28.8 Å². The van der Waals surface area contributed by atoms with Crippen LogP contribution in [0, 0.1) is 0 Å². The molecule has 0 heterocycles. The fraction of sp³-hybridized carbons (Fsp3) is 0.0806. The van der Waals surface area contributed by atoms with E-state index in [2.05, 4.69) is 184 Å². The summed E-state index contributed by atoms with van der Waals surface area (Å²) in [5.41, 5.74) is 14.2. The third kappa shape index (κ3) is 13.3. The van der Waals surface area contributed by atoms with Gasteiger partial charge in [0.25, 0.3) is 6.48 Å². The minimum atomic E-state index is -1.29. The highest BCUT2D eigenvalue weighted by atomic mass is 16.8. The Morgan fingerprint density at radius 1 is 0.429 bits per heavy atom. The second kappa shape index (κ2) is 24.5. The number of hydrogen-bond donors (Lipinski definition) is 1. The van der Waals surface area contributed by atoms with Crippen LogP contribution in [0.3, 0.4) is 0 Å². The molecule has 0 bridgehead atoms. The number of anilines is 6. The van der Waals surface area contributed by atoms with Crippen molar-refractivity contribution in [2.45, 2.75) is 19.7 Å². The highest BCUT2D eigenvalue weighted by Crippen LogP contribution is 2.38. The molecule has 0 fully saturated rings. The molecule has 1 atom stereocenters. The van der Waals surface area contributed by atoms with Crippen LogP contribution >= 0.6 is 0 Å². The first-order valence-corrected chi connectivity index (χ1v) is 22.9. The summed E-state index contributed by atoms with van der Waals surface area (Å²) in [6.45, 7) is -0.971. The Labute approximate surface area is 410 Å². The summed E-state index contributed by atoms with van der Waals surface area (Å²) in [5.74, 6) is 0. The fourth-order valence-electron chi connectivity index (χ4n) is 7.68. The average molecular weight is 923 g/mol. The van der Waals surface area contributed by atoms with Crippen LogP contribution in [0.15, 0.2) is 231 Å². The predicted molar refractivity (Wildman–Crippen MR) is 285 cm³/mol. The molecule has 0 saturated heterocycles. The Hall–Kier alpha value is -8.53. The summed E-state index contributed by atoms with van der Waals surface area (Å²) < 4.78 is 20.1. The molecule has 70 heavy (non-hydrogen) atoms. The van der Waals surface area contributed by atoms with Crippen molar-refractivity contribution in [2.75, 3.05) is 24.0 Å². The highest BCUT2D eigenvalue weighted by molar-refractivity contribution is 5.81. The summed E-state index contributed by atoms with van der Waals surface area (Å²) in [6.07, 6.45) is 15.8. The van der Waals surface area contributed by atoms with Crippen LogP contribution in [0.4, 0.5) is 38.9 Å². The van der Waals surface area contributed by atoms with Crippen LogP contribution in [-0.2, 0) is 32.2 Å². The van der Waals surface area contributed by atoms with Crippen LogP contribution < -0.4 is 9.80 Å². The first kappa shape index (κ1) is 47.9. The van der Waals surface area contributed by atoms with Crippen LogP contribution in [0.2, 0.25) is 0 Å². The second-order valence-corrected chi connectivity index (χ2v) is 16.1. The van der Waals surface area contributed by atoms with Gasteiger partial charge < -0.3 is 33.9 Å². The van der Waals surface area contributed by atoms with E-state index in [0.717, 1.165) is 78.6 Å². The lowest BCUT2D eigenvalue weighted by Gasteiger charge is -2.26. The summed E-state index contributed by atoms with van der Waals surface area (Å²) in [6, 6.07) is 70.6. The number of hydrogen-bond acceptors (Lipinski definition) is 8. The van der Waals surface area contributed by atoms with Crippen LogP contribution in [0.5, 0.6) is 0 Å². The molecule has 348 valence electrons. The van der Waals surface area contributed by atoms with Gasteiger partial charge in [0.15, 0.2) is 0 Å². The van der Waals surface area contributed by atoms with Gasteiger partial charge in [-0.15, -0.1) is 0 Å². The molecule has 8 aromatic rings. The van der Waals surface area contributed by atoms with Crippen molar-refractivity contribution in [3.05, 3.63) is 264 Å². The van der Waals surface area contributed by atoms with E-state index in [1.54, 1.807) is 0 Å². The molecule has 1 N–H and O–H groups in total. The molecule has 8 heteroatoms. The first-order valence-electron chi connectivity index (χ1n) is 22.9. The second-order valence-electron chi connectivity index (χ2n) is 16.1. The van der Waals surface area contributed by atoms with E-state index in [-0.39, 0.29) is 13.2 Å². The quantitative estimate of drug-likeness (QED) is 0.0488. The SMILES string of the molecule is COC(=O)OCc1ccc(N(c2ccc(/C=C/C=C/c3ccccc3)cc2)c2ccc(-c3ccc(N(c4ccc(/C=C/C=C/c5ccccc5)cc4)c4ccc(COC(O)OC)cc4)cc3)cc2)cc1. The molecule has 0 aliphatic rings. The summed E-state index contributed by atoms with van der Waals surface area (Å²) in [4.78, 5) is 16.1. The molecule has 0 radical (unpaired) electrons. The molecule has 8 aromatic carbocycles. The van der Waals surface area contributed by atoms with E-state index >= 15 is 0 Å². The smallest absolute Gasteiger partial charge is 0.438 e. The van der Waals surface area contributed by atoms with Gasteiger partial charge >= 0.3 is 6.16 Å². The number of carbonyl (C=O) groups is 1. The van der Waals surface area contributed by atoms with Gasteiger partial charge in [-0.05, 0) is 117 Å². The molecule has 1 unspecified atom stereocenters. The average Bonchev–Trinajstić information content (AvgIpc) is 3.42. The molecule has 0 spiro atoms. The standard InChI is InChI=1S/C62H54N2O6/c1-67-61(65)69-45-51-25-37-57(38-26-51)63(55-33-21-49(22-34-55)19-11-9-17-47-13-5-3-6-14-47)59-41-29-53(30-42-59)54-31-43-60(44-32-54)64(58-39-27-52(28-40-58)46-70-62(66)68-2)56-35-23-50(24-36-56)20-12-10-18-48-15-7-4-8-16-48/h3-44,61,65H,45-46H2,1-2H3/b17-9+,18-10+,19-11+,20-12+. The van der Waals surface area contributed by atoms with E-state index in [9.17, 15) is 9.90 Å². The van der Waals surface area contributed by atoms with E-state index in [1.807, 2.05) is 84.9 Å². The lowest BCUT2D eigenvalue weighted by molar-refractivity contribution is -0.256. The zero-order valence-corrected chi connectivity index (χ0v) is 39.1. The topological polar surface area (TPSA) is 80.7 Å². The van der Waals surface area contributed by atoms with Crippen LogP contribution in [-0.4, -0.2) is 32.0 Å². The Kier molecular flexibility index (Phi) is 16.8. The Morgan fingerprint density at radius 3 is 1.09 bits per heavy atom. The number of methoxy groups -OCH3 is 2. The number of nitrogens with zero attached hydrogens (tertiary/aromatic N) is 2. The number of aliphatic hydroxyl groups is 1. The molecule has 8 nitrogen and oxygen atoms in total. The van der Waals surface area contributed by atoms with Crippen molar-refractivity contribution in [3.63, 3.8) is 0 Å². The maximum absolute atomic E-state index is 11.6. The molecule has 8 rings (SSSR count). The van der Waals surface area contributed by atoms with Crippen LogP contribution in [0.25, 0.3) is 35.4 Å². The van der Waals surface area contributed by atoms with Gasteiger partial charge in [0, 0.05) is 41.2 Å². The molecule has 0 aliphatic heterocycles. The molecule has 0 saturated carbocycles. The zero-order chi connectivity index (χ0) is 48.3. The van der Waals surface area contributed by atoms with Gasteiger partial charge in [0.2, 0.25) is 0 Å². The maximum Gasteiger partial charge on any atom is 0.508 e. The molecule has 0 aromatic heterocycles. The third-order valence-electron chi connectivity index (χ3n) is 11.4. The Bertz CT molecular complexity index is 2990. The van der Waals surface area contributed by atoms with Gasteiger partial charge in [-0.1, -0.05) is 182 Å². The minimum Gasteiger partial charge on any atom is -0.438 e. The largest absolute Gasteiger partial charge is 0.508 e. The number of carbonyl (C=O) groups excluding carboxylic acids is 1.